The summed E-state index contributed by atoms with van der Waals surface area (Å²) in [5.74, 6) is 0.336. The van der Waals surface area contributed by atoms with Gasteiger partial charge in [-0.25, -0.2) is 0 Å². The van der Waals surface area contributed by atoms with E-state index in [-0.39, 0.29) is 6.10 Å². The first-order valence-electron chi connectivity index (χ1n) is 5.85. The summed E-state index contributed by atoms with van der Waals surface area (Å²) in [6, 6.07) is 8.49. The molecular weight excluding hydrogens is 216 g/mol. The fourth-order valence-corrected chi connectivity index (χ4v) is 3.05. The average molecular weight is 234 g/mol. The van der Waals surface area contributed by atoms with Gasteiger partial charge >= 0.3 is 0 Å². The van der Waals surface area contributed by atoms with Crippen LogP contribution in [0, 0.1) is 5.92 Å². The Morgan fingerprint density at radius 3 is 2.81 bits per heavy atom. The predicted octanol–water partition coefficient (Wildman–Crippen LogP) is 3.85. The number of hydrogen-bond acceptors (Lipinski definition) is 2. The van der Waals surface area contributed by atoms with E-state index < -0.39 is 0 Å². The van der Waals surface area contributed by atoms with Gasteiger partial charge in [0, 0.05) is 4.70 Å². The quantitative estimate of drug-likeness (QED) is 0.852. The van der Waals surface area contributed by atoms with Crippen LogP contribution in [0.15, 0.2) is 29.6 Å². The second-order valence-electron chi connectivity index (χ2n) is 4.41. The highest BCUT2D eigenvalue weighted by Gasteiger charge is 2.14. The molecule has 2 rings (SSSR count). The number of rotatable bonds is 4. The number of thiophene rings is 1. The molecular formula is C14H18OS. The zero-order valence-corrected chi connectivity index (χ0v) is 10.6. The highest BCUT2D eigenvalue weighted by Crippen LogP contribution is 2.28. The topological polar surface area (TPSA) is 20.2 Å². The van der Waals surface area contributed by atoms with Gasteiger partial charge in [0.2, 0.25) is 0 Å². The molecule has 0 saturated carbocycles. The number of hydrogen-bond donors (Lipinski definition) is 1. The molecule has 2 unspecified atom stereocenters. The van der Waals surface area contributed by atoms with E-state index >= 15 is 0 Å². The van der Waals surface area contributed by atoms with Crippen LogP contribution in [0.2, 0.25) is 0 Å². The number of aliphatic hydroxyl groups excluding tert-OH is 1. The standard InChI is InChI=1S/C14H18OS/c1-3-13(15)10(2)8-11-9-16-14-7-5-4-6-12(11)14/h4-7,9-10,13,15H,3,8H2,1-2H3. The third-order valence-electron chi connectivity index (χ3n) is 3.18. The molecule has 1 N–H and O–H groups in total. The van der Waals surface area contributed by atoms with Gasteiger partial charge in [0.1, 0.15) is 0 Å². The second kappa shape index (κ2) is 4.98. The molecule has 0 aliphatic carbocycles. The van der Waals surface area contributed by atoms with E-state index in [2.05, 4.69) is 36.6 Å². The molecule has 1 aromatic carbocycles. The highest BCUT2D eigenvalue weighted by atomic mass is 32.1. The minimum atomic E-state index is -0.182. The van der Waals surface area contributed by atoms with Crippen molar-refractivity contribution in [3.05, 3.63) is 35.2 Å². The van der Waals surface area contributed by atoms with Crippen LogP contribution in [0.1, 0.15) is 25.8 Å². The monoisotopic (exact) mass is 234 g/mol. The predicted molar refractivity (Wildman–Crippen MR) is 71.0 cm³/mol. The van der Waals surface area contributed by atoms with E-state index in [9.17, 15) is 5.11 Å². The van der Waals surface area contributed by atoms with Gasteiger partial charge in [-0.15, -0.1) is 11.3 Å². The molecule has 2 aromatic rings. The maximum absolute atomic E-state index is 9.80. The molecule has 0 bridgehead atoms. The van der Waals surface area contributed by atoms with Crippen LogP contribution in [0.3, 0.4) is 0 Å². The summed E-state index contributed by atoms with van der Waals surface area (Å²) in [6.45, 7) is 4.16. The van der Waals surface area contributed by atoms with Gasteiger partial charge in [-0.1, -0.05) is 32.0 Å². The summed E-state index contributed by atoms with van der Waals surface area (Å²) in [5.41, 5.74) is 1.38. The van der Waals surface area contributed by atoms with Crippen molar-refractivity contribution in [3.8, 4) is 0 Å². The van der Waals surface area contributed by atoms with E-state index in [4.69, 9.17) is 0 Å². The zero-order chi connectivity index (χ0) is 11.5. The highest BCUT2D eigenvalue weighted by molar-refractivity contribution is 7.17. The molecule has 0 aliphatic heterocycles. The normalized spacial score (nSPS) is 15.2. The Hall–Kier alpha value is -0.860. The minimum Gasteiger partial charge on any atom is -0.393 e. The van der Waals surface area contributed by atoms with Gasteiger partial charge in [-0.2, -0.15) is 0 Å². The number of fused-ring (bicyclic) bond motifs is 1. The molecule has 2 heteroatoms. The first-order valence-corrected chi connectivity index (χ1v) is 6.73. The Kier molecular flexibility index (Phi) is 3.62. The molecule has 0 radical (unpaired) electrons. The largest absolute Gasteiger partial charge is 0.393 e. The second-order valence-corrected chi connectivity index (χ2v) is 5.33. The Labute approximate surface area is 101 Å². The van der Waals surface area contributed by atoms with Crippen LogP contribution in [0.5, 0.6) is 0 Å². The third kappa shape index (κ3) is 2.28. The van der Waals surface area contributed by atoms with Crippen molar-refractivity contribution in [3.63, 3.8) is 0 Å². The molecule has 0 fully saturated rings. The molecule has 86 valence electrons. The summed E-state index contributed by atoms with van der Waals surface area (Å²) in [7, 11) is 0. The lowest BCUT2D eigenvalue weighted by molar-refractivity contribution is 0.113. The third-order valence-corrected chi connectivity index (χ3v) is 4.19. The van der Waals surface area contributed by atoms with Crippen LogP contribution in [0.25, 0.3) is 10.1 Å². The van der Waals surface area contributed by atoms with Crippen molar-refractivity contribution in [2.75, 3.05) is 0 Å². The Morgan fingerprint density at radius 2 is 2.06 bits per heavy atom. The van der Waals surface area contributed by atoms with Gasteiger partial charge in [0.05, 0.1) is 6.10 Å². The van der Waals surface area contributed by atoms with Crippen molar-refractivity contribution >= 4 is 21.4 Å². The summed E-state index contributed by atoms with van der Waals surface area (Å²) in [5, 5.41) is 13.4. The van der Waals surface area contributed by atoms with Gasteiger partial charge < -0.3 is 5.11 Å². The van der Waals surface area contributed by atoms with Gasteiger partial charge in [0.15, 0.2) is 0 Å². The van der Waals surface area contributed by atoms with Gasteiger partial charge in [-0.3, -0.25) is 0 Å². The molecule has 2 atom stereocenters. The molecule has 1 aromatic heterocycles. The van der Waals surface area contributed by atoms with Crippen molar-refractivity contribution in [2.24, 2.45) is 5.92 Å². The van der Waals surface area contributed by atoms with Crippen LogP contribution in [-0.2, 0) is 6.42 Å². The Bertz CT molecular complexity index is 460. The van der Waals surface area contributed by atoms with E-state index in [0.717, 1.165) is 12.8 Å². The van der Waals surface area contributed by atoms with Crippen molar-refractivity contribution in [1.29, 1.82) is 0 Å². The van der Waals surface area contributed by atoms with E-state index in [1.807, 2.05) is 6.92 Å². The maximum atomic E-state index is 9.80. The number of aliphatic hydroxyl groups is 1. The molecule has 1 heterocycles. The minimum absolute atomic E-state index is 0.182. The van der Waals surface area contributed by atoms with Crippen LogP contribution < -0.4 is 0 Å². The average Bonchev–Trinajstić information content (AvgIpc) is 2.72. The van der Waals surface area contributed by atoms with Gasteiger partial charge in [0.25, 0.3) is 0 Å². The fraction of sp³-hybridized carbons (Fsp3) is 0.429. The van der Waals surface area contributed by atoms with Crippen LogP contribution >= 0.6 is 11.3 Å². The molecule has 16 heavy (non-hydrogen) atoms. The Balaban J connectivity index is 2.21. The van der Waals surface area contributed by atoms with Crippen LogP contribution in [0.4, 0.5) is 0 Å². The smallest absolute Gasteiger partial charge is 0.0566 e. The summed E-state index contributed by atoms with van der Waals surface area (Å²) < 4.78 is 1.34. The molecule has 0 aliphatic rings. The Morgan fingerprint density at radius 1 is 1.31 bits per heavy atom. The van der Waals surface area contributed by atoms with E-state index in [0.29, 0.717) is 5.92 Å². The summed E-state index contributed by atoms with van der Waals surface area (Å²) in [6.07, 6.45) is 1.63. The van der Waals surface area contributed by atoms with Crippen molar-refractivity contribution in [1.82, 2.24) is 0 Å². The molecule has 0 saturated heterocycles. The lowest BCUT2D eigenvalue weighted by Crippen LogP contribution is -2.18. The summed E-state index contributed by atoms with van der Waals surface area (Å²) >= 11 is 1.79. The van der Waals surface area contributed by atoms with E-state index in [1.165, 1.54) is 15.6 Å². The molecule has 0 spiro atoms. The van der Waals surface area contributed by atoms with Crippen molar-refractivity contribution in [2.45, 2.75) is 32.8 Å². The lowest BCUT2D eigenvalue weighted by atomic mass is 9.94. The first-order chi connectivity index (χ1) is 7.72. The van der Waals surface area contributed by atoms with E-state index in [1.54, 1.807) is 11.3 Å². The molecule has 0 amide bonds. The fourth-order valence-electron chi connectivity index (χ4n) is 2.08. The number of benzene rings is 1. The molecule has 1 nitrogen and oxygen atoms in total. The summed E-state index contributed by atoms with van der Waals surface area (Å²) in [4.78, 5) is 0. The SMILES string of the molecule is CCC(O)C(C)Cc1csc2ccccc12. The zero-order valence-electron chi connectivity index (χ0n) is 9.81. The van der Waals surface area contributed by atoms with Crippen molar-refractivity contribution < 1.29 is 5.11 Å². The first kappa shape index (κ1) is 11.6. The van der Waals surface area contributed by atoms with Crippen LogP contribution in [-0.4, -0.2) is 11.2 Å². The van der Waals surface area contributed by atoms with Gasteiger partial charge in [-0.05, 0) is 41.2 Å². The lowest BCUT2D eigenvalue weighted by Gasteiger charge is -2.16. The maximum Gasteiger partial charge on any atom is 0.0566 e.